The molecule has 4 rings (SSSR count). The first-order chi connectivity index (χ1) is 12.7. The maximum absolute atomic E-state index is 13.1. The molecule has 2 aromatic carbocycles. The van der Waals surface area contributed by atoms with Crippen molar-refractivity contribution in [2.24, 2.45) is 0 Å². The lowest BCUT2D eigenvalue weighted by Crippen LogP contribution is -2.32. The summed E-state index contributed by atoms with van der Waals surface area (Å²) in [5, 5.41) is 4.74. The highest BCUT2D eigenvalue weighted by Gasteiger charge is 2.20. The summed E-state index contributed by atoms with van der Waals surface area (Å²) in [6, 6.07) is 16.1. The topological polar surface area (TPSA) is 42.0 Å². The fourth-order valence-electron chi connectivity index (χ4n) is 3.35. The van der Waals surface area contributed by atoms with Crippen LogP contribution in [0.15, 0.2) is 64.5 Å². The van der Waals surface area contributed by atoms with Crippen molar-refractivity contribution in [3.8, 4) is 0 Å². The molecule has 1 aliphatic rings. The largest absolute Gasteiger partial charge is 0.349 e. The fraction of sp³-hybridized carbons (Fsp3) is 0.238. The zero-order valence-corrected chi connectivity index (χ0v) is 15.1. The molecule has 132 valence electrons. The number of carbonyl (C=O) groups is 1. The van der Waals surface area contributed by atoms with E-state index in [1.54, 1.807) is 12.1 Å². The molecule has 1 fully saturated rings. The van der Waals surface area contributed by atoms with E-state index >= 15 is 0 Å². The van der Waals surface area contributed by atoms with Crippen LogP contribution in [0.5, 0.6) is 0 Å². The first-order valence-corrected chi connectivity index (χ1v) is 9.65. The lowest BCUT2D eigenvalue weighted by Gasteiger charge is -2.14. The van der Waals surface area contributed by atoms with Gasteiger partial charge >= 0.3 is 0 Å². The Bertz CT molecular complexity index is 936. The Hall–Kier alpha value is -2.40. The Kier molecular flexibility index (Phi) is 4.89. The Morgan fingerprint density at radius 2 is 1.81 bits per heavy atom. The van der Waals surface area contributed by atoms with Gasteiger partial charge in [0.05, 0.1) is 11.1 Å². The van der Waals surface area contributed by atoms with E-state index in [1.807, 2.05) is 30.3 Å². The minimum atomic E-state index is -0.266. The number of aromatic nitrogens is 1. The number of hydrogen-bond donors (Lipinski definition) is 1. The molecule has 0 atom stereocenters. The summed E-state index contributed by atoms with van der Waals surface area (Å²) in [5.74, 6) is -0.311. The summed E-state index contributed by atoms with van der Waals surface area (Å²) < 4.78 is 13.1. The molecule has 1 saturated carbocycles. The molecular weight excluding hydrogens is 347 g/mol. The molecule has 1 amide bonds. The summed E-state index contributed by atoms with van der Waals surface area (Å²) in [6.07, 6.45) is 4.44. The van der Waals surface area contributed by atoms with E-state index in [0.717, 1.165) is 33.7 Å². The third kappa shape index (κ3) is 3.73. The zero-order chi connectivity index (χ0) is 17.9. The fourth-order valence-corrected chi connectivity index (χ4v) is 4.18. The van der Waals surface area contributed by atoms with Crippen LogP contribution in [0.4, 0.5) is 4.39 Å². The van der Waals surface area contributed by atoms with E-state index in [0.29, 0.717) is 5.56 Å². The summed E-state index contributed by atoms with van der Waals surface area (Å²) in [7, 11) is 0. The number of rotatable bonds is 4. The first-order valence-electron chi connectivity index (χ1n) is 8.83. The second-order valence-corrected chi connectivity index (χ2v) is 7.63. The van der Waals surface area contributed by atoms with E-state index in [9.17, 15) is 9.18 Å². The minimum absolute atomic E-state index is 0.0449. The van der Waals surface area contributed by atoms with Gasteiger partial charge in [-0.25, -0.2) is 9.37 Å². The Morgan fingerprint density at radius 3 is 2.58 bits per heavy atom. The Balaban J connectivity index is 1.68. The van der Waals surface area contributed by atoms with Crippen molar-refractivity contribution in [3.05, 3.63) is 66.0 Å². The van der Waals surface area contributed by atoms with Gasteiger partial charge in [-0.1, -0.05) is 42.8 Å². The van der Waals surface area contributed by atoms with Crippen molar-refractivity contribution < 1.29 is 9.18 Å². The molecule has 0 bridgehead atoms. The number of pyridine rings is 1. The number of amides is 1. The van der Waals surface area contributed by atoms with Crippen molar-refractivity contribution in [2.75, 3.05) is 0 Å². The Morgan fingerprint density at radius 1 is 1.08 bits per heavy atom. The highest BCUT2D eigenvalue weighted by atomic mass is 32.2. The van der Waals surface area contributed by atoms with Gasteiger partial charge in [-0.15, -0.1) is 0 Å². The second-order valence-electron chi connectivity index (χ2n) is 6.54. The van der Waals surface area contributed by atoms with Crippen LogP contribution in [0.25, 0.3) is 10.9 Å². The lowest BCUT2D eigenvalue weighted by molar-refractivity contribution is 0.0939. The van der Waals surface area contributed by atoms with E-state index < -0.39 is 0 Å². The standard InChI is InChI=1S/C21H19FN2OS/c22-14-9-11-16(12-10-14)26-20-13-18(17-7-3-4-8-19(17)24-20)21(25)23-15-5-1-2-6-15/h3-4,7-13,15H,1-2,5-6H2,(H,23,25). The third-order valence-corrected chi connectivity index (χ3v) is 5.59. The predicted molar refractivity (Wildman–Crippen MR) is 102 cm³/mol. The van der Waals surface area contributed by atoms with Gasteiger partial charge in [-0.2, -0.15) is 0 Å². The quantitative estimate of drug-likeness (QED) is 0.690. The van der Waals surface area contributed by atoms with E-state index in [-0.39, 0.29) is 17.8 Å². The molecular formula is C21H19FN2OS. The smallest absolute Gasteiger partial charge is 0.252 e. The van der Waals surface area contributed by atoms with Crippen LogP contribution >= 0.6 is 11.8 Å². The van der Waals surface area contributed by atoms with Crippen LogP contribution in [0.1, 0.15) is 36.0 Å². The number of halogens is 1. The van der Waals surface area contributed by atoms with Crippen molar-refractivity contribution >= 4 is 28.6 Å². The van der Waals surface area contributed by atoms with Gasteiger partial charge in [-0.05, 0) is 49.2 Å². The molecule has 5 heteroatoms. The van der Waals surface area contributed by atoms with Crippen molar-refractivity contribution in [3.63, 3.8) is 0 Å². The zero-order valence-electron chi connectivity index (χ0n) is 14.2. The van der Waals surface area contributed by atoms with Crippen LogP contribution in [0.2, 0.25) is 0 Å². The normalized spacial score (nSPS) is 14.7. The van der Waals surface area contributed by atoms with Crippen LogP contribution < -0.4 is 5.32 Å². The van der Waals surface area contributed by atoms with E-state index in [1.165, 1.54) is 36.7 Å². The number of benzene rings is 2. The van der Waals surface area contributed by atoms with Gasteiger partial charge in [-0.3, -0.25) is 4.79 Å². The van der Waals surface area contributed by atoms with E-state index in [4.69, 9.17) is 0 Å². The summed E-state index contributed by atoms with van der Waals surface area (Å²) in [6.45, 7) is 0. The molecule has 0 radical (unpaired) electrons. The maximum Gasteiger partial charge on any atom is 0.252 e. The SMILES string of the molecule is O=C(NC1CCCC1)c1cc(Sc2ccc(F)cc2)nc2ccccc12. The molecule has 0 aliphatic heterocycles. The molecule has 3 nitrogen and oxygen atoms in total. The molecule has 0 saturated heterocycles. The average Bonchev–Trinajstić information content (AvgIpc) is 3.16. The molecule has 3 aromatic rings. The molecule has 0 spiro atoms. The third-order valence-electron chi connectivity index (χ3n) is 4.66. The summed E-state index contributed by atoms with van der Waals surface area (Å²) in [5.41, 5.74) is 1.43. The van der Waals surface area contributed by atoms with Crippen LogP contribution in [0, 0.1) is 5.82 Å². The predicted octanol–water partition coefficient (Wildman–Crippen LogP) is 5.20. The lowest BCUT2D eigenvalue weighted by atomic mass is 10.1. The van der Waals surface area contributed by atoms with Gasteiger partial charge in [0.2, 0.25) is 0 Å². The number of nitrogens with zero attached hydrogens (tertiary/aromatic N) is 1. The monoisotopic (exact) mass is 366 g/mol. The molecule has 26 heavy (non-hydrogen) atoms. The molecule has 1 heterocycles. The summed E-state index contributed by atoms with van der Waals surface area (Å²) in [4.78, 5) is 18.4. The van der Waals surface area contributed by atoms with Crippen LogP contribution in [-0.4, -0.2) is 16.9 Å². The second kappa shape index (κ2) is 7.46. The molecule has 1 N–H and O–H groups in total. The maximum atomic E-state index is 13.1. The number of fused-ring (bicyclic) bond motifs is 1. The van der Waals surface area contributed by atoms with Gasteiger partial charge in [0.15, 0.2) is 0 Å². The van der Waals surface area contributed by atoms with Gasteiger partial charge < -0.3 is 5.32 Å². The van der Waals surface area contributed by atoms with Crippen molar-refractivity contribution in [1.82, 2.24) is 10.3 Å². The average molecular weight is 366 g/mol. The van der Waals surface area contributed by atoms with Crippen molar-refractivity contribution in [1.29, 1.82) is 0 Å². The number of hydrogen-bond acceptors (Lipinski definition) is 3. The van der Waals surface area contributed by atoms with Gasteiger partial charge in [0.1, 0.15) is 10.8 Å². The highest BCUT2D eigenvalue weighted by molar-refractivity contribution is 7.99. The first kappa shape index (κ1) is 17.0. The van der Waals surface area contributed by atoms with E-state index in [2.05, 4.69) is 10.3 Å². The molecule has 1 aliphatic carbocycles. The van der Waals surface area contributed by atoms with Gasteiger partial charge in [0, 0.05) is 16.3 Å². The number of carbonyl (C=O) groups excluding carboxylic acids is 1. The number of nitrogens with one attached hydrogen (secondary N) is 1. The van der Waals surface area contributed by atoms with Crippen molar-refractivity contribution in [2.45, 2.75) is 41.6 Å². The van der Waals surface area contributed by atoms with Gasteiger partial charge in [0.25, 0.3) is 5.91 Å². The van der Waals surface area contributed by atoms with Crippen LogP contribution in [-0.2, 0) is 0 Å². The molecule has 1 aromatic heterocycles. The highest BCUT2D eigenvalue weighted by Crippen LogP contribution is 2.30. The minimum Gasteiger partial charge on any atom is -0.349 e. The Labute approximate surface area is 156 Å². The molecule has 0 unspecified atom stereocenters. The number of para-hydroxylation sites is 1. The summed E-state index contributed by atoms with van der Waals surface area (Å²) >= 11 is 1.43. The van der Waals surface area contributed by atoms with Crippen LogP contribution in [0.3, 0.4) is 0 Å².